The molecule has 1 aliphatic heterocycles. The van der Waals surface area contributed by atoms with Gasteiger partial charge in [0.05, 0.1) is 11.5 Å². The summed E-state index contributed by atoms with van der Waals surface area (Å²) in [5, 5.41) is 3.70. The third-order valence-corrected chi connectivity index (χ3v) is 4.83. The van der Waals surface area contributed by atoms with Crippen LogP contribution in [0.1, 0.15) is 6.42 Å². The molecule has 2 heterocycles. The highest BCUT2D eigenvalue weighted by Gasteiger charge is 2.27. The first-order chi connectivity index (χ1) is 7.05. The third kappa shape index (κ3) is 2.78. The first-order valence-corrected chi connectivity index (χ1v) is 7.18. The Morgan fingerprint density at radius 3 is 2.93 bits per heavy atom. The van der Waals surface area contributed by atoms with Crippen LogP contribution in [-0.2, 0) is 9.84 Å². The van der Waals surface area contributed by atoms with E-state index in [1.165, 1.54) is 11.5 Å². The van der Waals surface area contributed by atoms with Gasteiger partial charge < -0.3 is 11.1 Å². The zero-order valence-corrected chi connectivity index (χ0v) is 9.64. The van der Waals surface area contributed by atoms with Crippen molar-refractivity contribution in [1.29, 1.82) is 0 Å². The fourth-order valence-electron chi connectivity index (χ4n) is 1.57. The molecule has 1 atom stereocenters. The maximum atomic E-state index is 11.2. The number of nitrogens with zero attached hydrogens (tertiary/aromatic N) is 2. The molecule has 1 aliphatic rings. The van der Waals surface area contributed by atoms with Gasteiger partial charge in [0.15, 0.2) is 9.84 Å². The predicted octanol–water partition coefficient (Wildman–Crippen LogP) is -0.0331. The van der Waals surface area contributed by atoms with Crippen molar-refractivity contribution in [3.05, 3.63) is 0 Å². The van der Waals surface area contributed by atoms with Gasteiger partial charge in [-0.1, -0.05) is 0 Å². The van der Waals surface area contributed by atoms with Crippen molar-refractivity contribution in [1.82, 2.24) is 9.36 Å². The minimum Gasteiger partial charge on any atom is -0.367 e. The highest BCUT2D eigenvalue weighted by Crippen LogP contribution is 2.20. The van der Waals surface area contributed by atoms with Crippen LogP contribution in [0.2, 0.25) is 0 Å². The van der Waals surface area contributed by atoms with E-state index in [0.717, 1.165) is 6.42 Å². The molecule has 2 rings (SSSR count). The Morgan fingerprint density at radius 2 is 2.40 bits per heavy atom. The van der Waals surface area contributed by atoms with Crippen LogP contribution >= 0.6 is 11.5 Å². The van der Waals surface area contributed by atoms with Crippen molar-refractivity contribution in [2.75, 3.05) is 29.1 Å². The molecule has 1 aromatic heterocycles. The molecular weight excluding hydrogens is 236 g/mol. The van der Waals surface area contributed by atoms with Crippen LogP contribution in [0.25, 0.3) is 0 Å². The fraction of sp³-hybridized carbons (Fsp3) is 0.714. The monoisotopic (exact) mass is 248 g/mol. The molecule has 0 aromatic carbocycles. The van der Waals surface area contributed by atoms with Gasteiger partial charge in [0.2, 0.25) is 11.1 Å². The number of sulfone groups is 1. The molecule has 1 fully saturated rings. The zero-order chi connectivity index (χ0) is 10.9. The number of hydrogen-bond donors (Lipinski definition) is 2. The quantitative estimate of drug-likeness (QED) is 0.779. The maximum Gasteiger partial charge on any atom is 0.233 e. The maximum absolute atomic E-state index is 11.2. The lowest BCUT2D eigenvalue weighted by Crippen LogP contribution is -2.15. The molecular formula is C7H12N4O2S2. The second-order valence-electron chi connectivity index (χ2n) is 3.61. The molecule has 1 aromatic rings. The predicted molar refractivity (Wildman–Crippen MR) is 59.6 cm³/mol. The number of hydrogen-bond acceptors (Lipinski definition) is 7. The molecule has 0 radical (unpaired) electrons. The van der Waals surface area contributed by atoms with Gasteiger partial charge in [0.1, 0.15) is 0 Å². The highest BCUT2D eigenvalue weighted by atomic mass is 32.2. The molecule has 15 heavy (non-hydrogen) atoms. The number of aromatic nitrogens is 2. The Balaban J connectivity index is 1.85. The van der Waals surface area contributed by atoms with Crippen molar-refractivity contribution < 1.29 is 8.42 Å². The summed E-state index contributed by atoms with van der Waals surface area (Å²) >= 11 is 1.19. The summed E-state index contributed by atoms with van der Waals surface area (Å²) in [6.07, 6.45) is 0.726. The summed E-state index contributed by atoms with van der Waals surface area (Å²) in [6.45, 7) is 0.619. The number of anilines is 2. The Bertz CT molecular complexity index is 442. The van der Waals surface area contributed by atoms with E-state index < -0.39 is 9.84 Å². The summed E-state index contributed by atoms with van der Waals surface area (Å²) in [6, 6.07) is 0. The van der Waals surface area contributed by atoms with E-state index in [0.29, 0.717) is 17.4 Å². The second-order valence-corrected chi connectivity index (χ2v) is 6.59. The molecule has 6 nitrogen and oxygen atoms in total. The smallest absolute Gasteiger partial charge is 0.233 e. The van der Waals surface area contributed by atoms with E-state index >= 15 is 0 Å². The molecule has 0 bridgehead atoms. The topological polar surface area (TPSA) is 98.0 Å². The van der Waals surface area contributed by atoms with Crippen LogP contribution in [0, 0.1) is 5.92 Å². The largest absolute Gasteiger partial charge is 0.367 e. The third-order valence-electron chi connectivity index (χ3n) is 2.31. The number of nitrogen functional groups attached to an aromatic ring is 1. The molecule has 3 N–H and O–H groups in total. The molecule has 1 unspecified atom stereocenters. The van der Waals surface area contributed by atoms with Gasteiger partial charge in [0.25, 0.3) is 0 Å². The number of rotatable bonds is 3. The second kappa shape index (κ2) is 3.93. The minimum absolute atomic E-state index is 0.181. The van der Waals surface area contributed by atoms with Crippen molar-refractivity contribution in [2.24, 2.45) is 5.92 Å². The number of nitrogens with two attached hydrogens (primary N) is 1. The fourth-order valence-corrected chi connectivity index (χ4v) is 3.94. The lowest BCUT2D eigenvalue weighted by molar-refractivity contribution is 0.596. The van der Waals surface area contributed by atoms with Gasteiger partial charge in [-0.15, -0.1) is 0 Å². The lowest BCUT2D eigenvalue weighted by atomic mass is 10.1. The summed E-state index contributed by atoms with van der Waals surface area (Å²) < 4.78 is 26.2. The van der Waals surface area contributed by atoms with E-state index in [1.54, 1.807) is 0 Å². The lowest BCUT2D eigenvalue weighted by Gasteiger charge is -2.06. The van der Waals surface area contributed by atoms with E-state index in [2.05, 4.69) is 14.7 Å². The van der Waals surface area contributed by atoms with E-state index in [1.807, 2.05) is 0 Å². The summed E-state index contributed by atoms with van der Waals surface area (Å²) in [5.41, 5.74) is 5.36. The van der Waals surface area contributed by atoms with Crippen LogP contribution in [0.4, 0.5) is 11.1 Å². The van der Waals surface area contributed by atoms with Crippen molar-refractivity contribution in [2.45, 2.75) is 6.42 Å². The first kappa shape index (κ1) is 10.6. The Kier molecular flexibility index (Phi) is 2.79. The van der Waals surface area contributed by atoms with Crippen molar-refractivity contribution >= 4 is 32.4 Å². The van der Waals surface area contributed by atoms with E-state index in [-0.39, 0.29) is 17.6 Å². The first-order valence-electron chi connectivity index (χ1n) is 4.59. The van der Waals surface area contributed by atoms with Crippen LogP contribution in [0.3, 0.4) is 0 Å². The minimum atomic E-state index is -2.79. The van der Waals surface area contributed by atoms with Gasteiger partial charge in [-0.3, -0.25) is 0 Å². The molecule has 84 valence electrons. The van der Waals surface area contributed by atoms with Crippen LogP contribution in [0.15, 0.2) is 0 Å². The molecule has 8 heteroatoms. The van der Waals surface area contributed by atoms with E-state index in [9.17, 15) is 8.42 Å². The average Bonchev–Trinajstić information content (AvgIpc) is 2.69. The highest BCUT2D eigenvalue weighted by molar-refractivity contribution is 7.91. The summed E-state index contributed by atoms with van der Waals surface area (Å²) in [7, 11) is -2.79. The van der Waals surface area contributed by atoms with E-state index in [4.69, 9.17) is 5.73 Å². The summed E-state index contributed by atoms with van der Waals surface area (Å²) in [4.78, 5) is 3.93. The molecule has 0 amide bonds. The Labute approximate surface area is 92.0 Å². The van der Waals surface area contributed by atoms with Crippen LogP contribution in [0.5, 0.6) is 0 Å². The van der Waals surface area contributed by atoms with Gasteiger partial charge in [-0.2, -0.15) is 9.36 Å². The SMILES string of the molecule is Nc1nsc(NCC2CCS(=O)(=O)C2)n1. The van der Waals surface area contributed by atoms with Crippen molar-refractivity contribution in [3.63, 3.8) is 0 Å². The van der Waals surface area contributed by atoms with Gasteiger partial charge >= 0.3 is 0 Å². The number of nitrogens with one attached hydrogen (secondary N) is 1. The average molecular weight is 248 g/mol. The zero-order valence-electron chi connectivity index (χ0n) is 8.01. The summed E-state index contributed by atoms with van der Waals surface area (Å²) in [5.74, 6) is 1.01. The standard InChI is InChI=1S/C7H12N4O2S2/c8-6-10-7(14-11-6)9-3-5-1-2-15(12,13)4-5/h5H,1-4H2,(H3,8,9,10,11). The molecule has 0 saturated carbocycles. The van der Waals surface area contributed by atoms with Crippen LogP contribution < -0.4 is 11.1 Å². The van der Waals surface area contributed by atoms with Gasteiger partial charge in [-0.25, -0.2) is 8.42 Å². The molecule has 1 saturated heterocycles. The molecule has 0 spiro atoms. The van der Waals surface area contributed by atoms with Gasteiger partial charge in [-0.05, 0) is 12.3 Å². The van der Waals surface area contributed by atoms with Crippen LogP contribution in [-0.4, -0.2) is 35.8 Å². The molecule has 0 aliphatic carbocycles. The Morgan fingerprint density at radius 1 is 1.60 bits per heavy atom. The van der Waals surface area contributed by atoms with Gasteiger partial charge in [0, 0.05) is 18.1 Å². The Hall–Kier alpha value is -0.890. The van der Waals surface area contributed by atoms with Crippen molar-refractivity contribution in [3.8, 4) is 0 Å². The normalized spacial score (nSPS) is 24.1.